The fraction of sp³-hybridized carbons (Fsp3) is 0.0909. The molecule has 3 heterocycles. The van der Waals surface area contributed by atoms with Gasteiger partial charge in [0, 0.05) is 48.9 Å². The summed E-state index contributed by atoms with van der Waals surface area (Å²) in [5, 5.41) is 7.92. The Balaban J connectivity index is 1.71. The highest BCUT2D eigenvalue weighted by atomic mass is 14.9. The maximum atomic E-state index is 3.70. The highest BCUT2D eigenvalue weighted by Gasteiger charge is 2.37. The van der Waals surface area contributed by atoms with Gasteiger partial charge in [-0.05, 0) is 40.3 Å². The van der Waals surface area contributed by atoms with Crippen molar-refractivity contribution in [3.8, 4) is 11.1 Å². The number of fused-ring (bicyclic) bond motifs is 9. The summed E-state index contributed by atoms with van der Waals surface area (Å²) in [5.41, 5.74) is 11.9. The number of aromatic nitrogens is 2. The van der Waals surface area contributed by atoms with Crippen LogP contribution in [0.5, 0.6) is 0 Å². The van der Waals surface area contributed by atoms with E-state index >= 15 is 0 Å². The zero-order valence-corrected chi connectivity index (χ0v) is 19.6. The van der Waals surface area contributed by atoms with Crippen LogP contribution in [0.2, 0.25) is 0 Å². The second-order valence-corrected chi connectivity index (χ2v) is 10.6. The highest BCUT2D eigenvalue weighted by Crippen LogP contribution is 2.53. The molecule has 0 unspecified atom stereocenters. The first-order valence-electron chi connectivity index (χ1n) is 12.4. The molecule has 9 rings (SSSR count). The van der Waals surface area contributed by atoms with E-state index in [4.69, 9.17) is 0 Å². The predicted octanol–water partition coefficient (Wildman–Crippen LogP) is 8.78. The van der Waals surface area contributed by atoms with Crippen LogP contribution in [-0.4, -0.2) is 9.38 Å². The molecule has 164 valence electrons. The van der Waals surface area contributed by atoms with Crippen LogP contribution in [0.15, 0.2) is 91.0 Å². The lowest BCUT2D eigenvalue weighted by molar-refractivity contribution is 0.661. The number of para-hydroxylation sites is 1. The van der Waals surface area contributed by atoms with Crippen molar-refractivity contribution >= 4 is 59.9 Å². The SMILES string of the molecule is CC1(C)c2ccccc2-c2c1ccc1c3cccc4c5cccc6[nH]c7cccc(c7c65)n(c21)c43. The number of nitrogens with zero attached hydrogens (tertiary/aromatic N) is 1. The van der Waals surface area contributed by atoms with Gasteiger partial charge < -0.3 is 9.38 Å². The van der Waals surface area contributed by atoms with Crippen molar-refractivity contribution in [3.05, 3.63) is 102 Å². The lowest BCUT2D eigenvalue weighted by Gasteiger charge is -2.21. The summed E-state index contributed by atoms with van der Waals surface area (Å²) in [6.45, 7) is 4.73. The number of hydrogen-bond acceptors (Lipinski definition) is 0. The Morgan fingerprint density at radius 1 is 0.571 bits per heavy atom. The molecule has 0 amide bonds. The molecule has 0 spiro atoms. The van der Waals surface area contributed by atoms with E-state index in [2.05, 4.69) is 114 Å². The molecule has 0 bridgehead atoms. The van der Waals surface area contributed by atoms with Crippen molar-refractivity contribution in [1.82, 2.24) is 9.38 Å². The number of benzene rings is 5. The Morgan fingerprint density at radius 2 is 1.26 bits per heavy atom. The zero-order valence-electron chi connectivity index (χ0n) is 19.6. The van der Waals surface area contributed by atoms with Crippen molar-refractivity contribution in [1.29, 1.82) is 0 Å². The molecule has 1 aliphatic rings. The smallest absolute Gasteiger partial charge is 0.0623 e. The summed E-state index contributed by atoms with van der Waals surface area (Å²) in [7, 11) is 0. The van der Waals surface area contributed by atoms with Gasteiger partial charge in [0.25, 0.3) is 0 Å². The summed E-state index contributed by atoms with van der Waals surface area (Å²) in [5.74, 6) is 0. The summed E-state index contributed by atoms with van der Waals surface area (Å²) < 4.78 is 2.58. The molecule has 8 aromatic rings. The minimum atomic E-state index is -0.0270. The van der Waals surface area contributed by atoms with E-state index in [1.165, 1.54) is 82.2 Å². The van der Waals surface area contributed by atoms with Crippen LogP contribution in [0.25, 0.3) is 71.0 Å². The van der Waals surface area contributed by atoms with Gasteiger partial charge in [-0.1, -0.05) is 86.6 Å². The molecule has 0 saturated carbocycles. The molecule has 3 aromatic heterocycles. The van der Waals surface area contributed by atoms with Crippen molar-refractivity contribution in [2.45, 2.75) is 19.3 Å². The molecule has 1 N–H and O–H groups in total. The maximum Gasteiger partial charge on any atom is 0.0623 e. The minimum Gasteiger partial charge on any atom is -0.354 e. The quantitative estimate of drug-likeness (QED) is 0.240. The lowest BCUT2D eigenvalue weighted by Crippen LogP contribution is -2.14. The molecule has 5 aromatic carbocycles. The van der Waals surface area contributed by atoms with Gasteiger partial charge in [-0.15, -0.1) is 0 Å². The van der Waals surface area contributed by atoms with Gasteiger partial charge in [-0.3, -0.25) is 0 Å². The second-order valence-electron chi connectivity index (χ2n) is 10.6. The third-order valence-electron chi connectivity index (χ3n) is 8.65. The summed E-state index contributed by atoms with van der Waals surface area (Å²) in [4.78, 5) is 3.70. The molecule has 0 radical (unpaired) electrons. The average Bonchev–Trinajstić information content (AvgIpc) is 3.47. The summed E-state index contributed by atoms with van der Waals surface area (Å²) in [6.07, 6.45) is 0. The number of rotatable bonds is 0. The van der Waals surface area contributed by atoms with E-state index in [9.17, 15) is 0 Å². The minimum absolute atomic E-state index is 0.0270. The molecule has 1 aliphatic carbocycles. The average molecular weight is 447 g/mol. The van der Waals surface area contributed by atoms with E-state index in [0.29, 0.717) is 0 Å². The monoisotopic (exact) mass is 446 g/mol. The highest BCUT2D eigenvalue weighted by molar-refractivity contribution is 6.31. The van der Waals surface area contributed by atoms with Gasteiger partial charge in [-0.2, -0.15) is 0 Å². The second kappa shape index (κ2) is 5.67. The van der Waals surface area contributed by atoms with Gasteiger partial charge in [-0.25, -0.2) is 0 Å². The largest absolute Gasteiger partial charge is 0.354 e. The van der Waals surface area contributed by atoms with Crippen molar-refractivity contribution in [3.63, 3.8) is 0 Å². The van der Waals surface area contributed by atoms with Crippen molar-refractivity contribution < 1.29 is 0 Å². The van der Waals surface area contributed by atoms with E-state index in [0.717, 1.165) is 0 Å². The van der Waals surface area contributed by atoms with Crippen LogP contribution in [0, 0.1) is 0 Å². The number of H-pyrrole nitrogens is 1. The molecular weight excluding hydrogens is 424 g/mol. The third kappa shape index (κ3) is 1.89. The summed E-state index contributed by atoms with van der Waals surface area (Å²) >= 11 is 0. The molecule has 0 atom stereocenters. The van der Waals surface area contributed by atoms with Gasteiger partial charge in [0.05, 0.1) is 16.6 Å². The fourth-order valence-corrected chi connectivity index (χ4v) is 7.19. The molecule has 0 aliphatic heterocycles. The molecule has 2 nitrogen and oxygen atoms in total. The van der Waals surface area contributed by atoms with Crippen LogP contribution >= 0.6 is 0 Å². The van der Waals surface area contributed by atoms with Gasteiger partial charge in [0.1, 0.15) is 0 Å². The Kier molecular flexibility index (Phi) is 2.93. The standard InChI is InChI=1S/C33H22N2/c1-33(2)23-12-4-3-8-22(23)28-24(33)17-16-21-20-11-5-10-19-18-9-6-13-25-29(18)30-26(34-25)14-7-15-27(30)35(31(19)20)32(21)28/h3-17,34H,1-2H3. The number of hydrogen-bond donors (Lipinski definition) is 1. The van der Waals surface area contributed by atoms with Crippen LogP contribution in [0.4, 0.5) is 0 Å². The van der Waals surface area contributed by atoms with Crippen molar-refractivity contribution in [2.24, 2.45) is 0 Å². The molecule has 0 saturated heterocycles. The molecule has 35 heavy (non-hydrogen) atoms. The van der Waals surface area contributed by atoms with Crippen molar-refractivity contribution in [2.75, 3.05) is 0 Å². The molecular formula is C33H22N2. The third-order valence-corrected chi connectivity index (χ3v) is 8.65. The van der Waals surface area contributed by atoms with Gasteiger partial charge in [0.2, 0.25) is 0 Å². The van der Waals surface area contributed by atoms with Gasteiger partial charge in [0.15, 0.2) is 0 Å². The summed E-state index contributed by atoms with van der Waals surface area (Å²) in [6, 6.07) is 34.0. The maximum absolute atomic E-state index is 3.70. The number of nitrogens with one attached hydrogen (secondary N) is 1. The predicted molar refractivity (Wildman–Crippen MR) is 148 cm³/mol. The Bertz CT molecular complexity index is 2190. The molecule has 2 heteroatoms. The first-order valence-corrected chi connectivity index (χ1v) is 12.4. The normalized spacial score (nSPS) is 14.8. The Labute approximate surface area is 201 Å². The first-order chi connectivity index (χ1) is 17.1. The lowest BCUT2D eigenvalue weighted by atomic mass is 9.82. The van der Waals surface area contributed by atoms with E-state index in [-0.39, 0.29) is 5.41 Å². The van der Waals surface area contributed by atoms with E-state index < -0.39 is 0 Å². The first kappa shape index (κ1) is 18.1. The zero-order chi connectivity index (χ0) is 23.1. The van der Waals surface area contributed by atoms with Gasteiger partial charge >= 0.3 is 0 Å². The van der Waals surface area contributed by atoms with Crippen LogP contribution < -0.4 is 0 Å². The fourth-order valence-electron chi connectivity index (χ4n) is 7.19. The van der Waals surface area contributed by atoms with Crippen LogP contribution in [0.1, 0.15) is 25.0 Å². The van der Waals surface area contributed by atoms with E-state index in [1.54, 1.807) is 0 Å². The van der Waals surface area contributed by atoms with Crippen LogP contribution in [-0.2, 0) is 5.41 Å². The Morgan fingerprint density at radius 3 is 2.14 bits per heavy atom. The molecule has 0 fully saturated rings. The Hall–Kier alpha value is -4.30. The van der Waals surface area contributed by atoms with Crippen LogP contribution in [0.3, 0.4) is 0 Å². The van der Waals surface area contributed by atoms with E-state index in [1.807, 2.05) is 0 Å². The number of aromatic amines is 1. The topological polar surface area (TPSA) is 20.2 Å².